The Morgan fingerprint density at radius 2 is 1.77 bits per heavy atom. The number of hydrogen-bond donors (Lipinski definition) is 0. The molecular weight excluding hydrogens is 404 g/mol. The SMILES string of the molecule is CC(C)COc1cccc(C(=O)OCC(=O)N2CCN(C(=O)c3cccs3)CC2)c1. The van der Waals surface area contributed by atoms with E-state index in [1.165, 1.54) is 11.3 Å². The average Bonchev–Trinajstić information content (AvgIpc) is 3.30. The van der Waals surface area contributed by atoms with E-state index >= 15 is 0 Å². The van der Waals surface area contributed by atoms with E-state index in [1.54, 1.807) is 40.1 Å². The summed E-state index contributed by atoms with van der Waals surface area (Å²) in [6.45, 7) is 6.09. The molecule has 0 N–H and O–H groups in total. The smallest absolute Gasteiger partial charge is 0.338 e. The molecule has 1 fully saturated rings. The number of amides is 2. The van der Waals surface area contributed by atoms with Crippen molar-refractivity contribution >= 4 is 29.1 Å². The van der Waals surface area contributed by atoms with Gasteiger partial charge in [-0.3, -0.25) is 9.59 Å². The van der Waals surface area contributed by atoms with Gasteiger partial charge in [-0.2, -0.15) is 0 Å². The van der Waals surface area contributed by atoms with E-state index in [2.05, 4.69) is 0 Å². The minimum absolute atomic E-state index is 0.0110. The second kappa shape index (κ2) is 10.2. The van der Waals surface area contributed by atoms with Gasteiger partial charge in [-0.05, 0) is 35.6 Å². The molecule has 0 unspecified atom stereocenters. The minimum atomic E-state index is -0.565. The summed E-state index contributed by atoms with van der Waals surface area (Å²) in [6.07, 6.45) is 0. The molecule has 3 rings (SSSR count). The van der Waals surface area contributed by atoms with Gasteiger partial charge in [0.05, 0.1) is 17.0 Å². The molecule has 0 aliphatic carbocycles. The summed E-state index contributed by atoms with van der Waals surface area (Å²) >= 11 is 1.41. The first-order chi connectivity index (χ1) is 14.4. The molecule has 2 amide bonds. The lowest BCUT2D eigenvalue weighted by Crippen LogP contribution is -2.51. The molecule has 7 nitrogen and oxygen atoms in total. The lowest BCUT2D eigenvalue weighted by molar-refractivity contribution is -0.136. The van der Waals surface area contributed by atoms with E-state index in [4.69, 9.17) is 9.47 Å². The van der Waals surface area contributed by atoms with Gasteiger partial charge in [-0.15, -0.1) is 11.3 Å². The fourth-order valence-corrected chi connectivity index (χ4v) is 3.68. The molecule has 1 aliphatic rings. The van der Waals surface area contributed by atoms with Gasteiger partial charge < -0.3 is 19.3 Å². The van der Waals surface area contributed by atoms with Gasteiger partial charge in [-0.1, -0.05) is 26.0 Å². The van der Waals surface area contributed by atoms with Gasteiger partial charge >= 0.3 is 5.97 Å². The third-order valence-corrected chi connectivity index (χ3v) is 5.49. The van der Waals surface area contributed by atoms with Crippen molar-refractivity contribution in [2.24, 2.45) is 5.92 Å². The molecular formula is C22H26N2O5S. The molecule has 2 heterocycles. The van der Waals surface area contributed by atoms with Crippen LogP contribution in [0.15, 0.2) is 41.8 Å². The summed E-state index contributed by atoms with van der Waals surface area (Å²) in [5, 5.41) is 1.87. The van der Waals surface area contributed by atoms with E-state index in [0.29, 0.717) is 54.9 Å². The Kier molecular flexibility index (Phi) is 7.46. The van der Waals surface area contributed by atoms with Crippen LogP contribution in [0.4, 0.5) is 0 Å². The van der Waals surface area contributed by atoms with Gasteiger partial charge in [0.2, 0.25) is 0 Å². The Morgan fingerprint density at radius 1 is 1.03 bits per heavy atom. The van der Waals surface area contributed by atoms with Crippen molar-refractivity contribution in [3.05, 3.63) is 52.2 Å². The maximum atomic E-state index is 12.4. The van der Waals surface area contributed by atoms with Crippen molar-refractivity contribution in [1.82, 2.24) is 9.80 Å². The minimum Gasteiger partial charge on any atom is -0.493 e. The van der Waals surface area contributed by atoms with Crippen LogP contribution in [0.1, 0.15) is 33.9 Å². The molecule has 2 aromatic rings. The summed E-state index contributed by atoms with van der Waals surface area (Å²) in [5.41, 5.74) is 0.343. The van der Waals surface area contributed by atoms with Crippen LogP contribution in [-0.2, 0) is 9.53 Å². The van der Waals surface area contributed by atoms with Crippen LogP contribution >= 0.6 is 11.3 Å². The fourth-order valence-electron chi connectivity index (χ4n) is 2.99. The Hall–Kier alpha value is -2.87. The van der Waals surface area contributed by atoms with Crippen molar-refractivity contribution in [2.75, 3.05) is 39.4 Å². The molecule has 1 saturated heterocycles. The number of carbonyl (C=O) groups is 3. The van der Waals surface area contributed by atoms with E-state index in [1.807, 2.05) is 25.3 Å². The molecule has 1 aliphatic heterocycles. The summed E-state index contributed by atoms with van der Waals surface area (Å²) in [4.78, 5) is 41.1. The van der Waals surface area contributed by atoms with Crippen LogP contribution in [-0.4, -0.2) is 67.0 Å². The molecule has 0 spiro atoms. The van der Waals surface area contributed by atoms with E-state index in [-0.39, 0.29) is 18.4 Å². The molecule has 0 bridgehead atoms. The molecule has 1 aromatic heterocycles. The normalized spacial score (nSPS) is 14.0. The first-order valence-electron chi connectivity index (χ1n) is 9.94. The second-order valence-corrected chi connectivity index (χ2v) is 8.41. The lowest BCUT2D eigenvalue weighted by Gasteiger charge is -2.34. The molecule has 1 aromatic carbocycles. The van der Waals surface area contributed by atoms with Crippen LogP contribution in [0.5, 0.6) is 5.75 Å². The number of rotatable bonds is 7. The number of hydrogen-bond acceptors (Lipinski definition) is 6. The van der Waals surface area contributed by atoms with Gasteiger partial charge in [0.1, 0.15) is 5.75 Å². The van der Waals surface area contributed by atoms with Crippen molar-refractivity contribution in [1.29, 1.82) is 0 Å². The van der Waals surface area contributed by atoms with Crippen molar-refractivity contribution in [2.45, 2.75) is 13.8 Å². The Bertz CT molecular complexity index is 873. The number of thiophene rings is 1. The average molecular weight is 431 g/mol. The zero-order chi connectivity index (χ0) is 21.5. The van der Waals surface area contributed by atoms with Crippen LogP contribution < -0.4 is 4.74 Å². The molecule has 8 heteroatoms. The van der Waals surface area contributed by atoms with E-state index in [0.717, 1.165) is 0 Å². The van der Waals surface area contributed by atoms with Crippen LogP contribution in [0, 0.1) is 5.92 Å². The van der Waals surface area contributed by atoms with Gasteiger partial charge in [0, 0.05) is 26.2 Å². The highest BCUT2D eigenvalue weighted by Crippen LogP contribution is 2.16. The highest BCUT2D eigenvalue weighted by atomic mass is 32.1. The van der Waals surface area contributed by atoms with Crippen molar-refractivity contribution in [3.8, 4) is 5.75 Å². The number of ether oxygens (including phenoxy) is 2. The largest absolute Gasteiger partial charge is 0.493 e. The number of piperazine rings is 1. The third-order valence-electron chi connectivity index (χ3n) is 4.63. The highest BCUT2D eigenvalue weighted by molar-refractivity contribution is 7.12. The van der Waals surface area contributed by atoms with Gasteiger partial charge in [0.25, 0.3) is 11.8 Å². The number of esters is 1. The van der Waals surface area contributed by atoms with Gasteiger partial charge in [-0.25, -0.2) is 4.79 Å². The Balaban J connectivity index is 1.45. The number of nitrogens with zero attached hydrogens (tertiary/aromatic N) is 2. The maximum absolute atomic E-state index is 12.4. The monoisotopic (exact) mass is 430 g/mol. The zero-order valence-electron chi connectivity index (χ0n) is 17.2. The summed E-state index contributed by atoms with van der Waals surface area (Å²) in [6, 6.07) is 10.4. The van der Waals surface area contributed by atoms with Crippen molar-refractivity contribution in [3.63, 3.8) is 0 Å². The summed E-state index contributed by atoms with van der Waals surface area (Å²) < 4.78 is 10.8. The standard InChI is InChI=1S/C22H26N2O5S/c1-16(2)14-28-18-6-3-5-17(13-18)22(27)29-15-20(25)23-8-10-24(11-9-23)21(26)19-7-4-12-30-19/h3-7,12-13,16H,8-11,14-15H2,1-2H3. The number of benzene rings is 1. The summed E-state index contributed by atoms with van der Waals surface area (Å²) in [5.74, 6) is 0.127. The molecule has 0 saturated carbocycles. The molecule has 0 radical (unpaired) electrons. The molecule has 0 atom stereocenters. The Morgan fingerprint density at radius 3 is 2.43 bits per heavy atom. The van der Waals surface area contributed by atoms with Crippen LogP contribution in [0.25, 0.3) is 0 Å². The predicted octanol–water partition coefficient (Wildman–Crippen LogP) is 2.92. The lowest BCUT2D eigenvalue weighted by atomic mass is 10.2. The maximum Gasteiger partial charge on any atom is 0.338 e. The summed E-state index contributed by atoms with van der Waals surface area (Å²) in [7, 11) is 0. The third kappa shape index (κ3) is 5.82. The van der Waals surface area contributed by atoms with E-state index in [9.17, 15) is 14.4 Å². The predicted molar refractivity (Wildman–Crippen MR) is 114 cm³/mol. The van der Waals surface area contributed by atoms with Crippen LogP contribution in [0.3, 0.4) is 0 Å². The first kappa shape index (κ1) is 21.8. The van der Waals surface area contributed by atoms with Crippen molar-refractivity contribution < 1.29 is 23.9 Å². The van der Waals surface area contributed by atoms with E-state index < -0.39 is 5.97 Å². The highest BCUT2D eigenvalue weighted by Gasteiger charge is 2.26. The quantitative estimate of drug-likeness (QED) is 0.632. The molecule has 30 heavy (non-hydrogen) atoms. The first-order valence-corrected chi connectivity index (χ1v) is 10.8. The second-order valence-electron chi connectivity index (χ2n) is 7.46. The molecule has 160 valence electrons. The fraction of sp³-hybridized carbons (Fsp3) is 0.409. The zero-order valence-corrected chi connectivity index (χ0v) is 18.0. The topological polar surface area (TPSA) is 76.2 Å². The van der Waals surface area contributed by atoms with Gasteiger partial charge in [0.15, 0.2) is 6.61 Å². The Labute approximate surface area is 180 Å². The number of carbonyl (C=O) groups excluding carboxylic acids is 3. The van der Waals surface area contributed by atoms with Crippen LogP contribution in [0.2, 0.25) is 0 Å².